The van der Waals surface area contributed by atoms with Gasteiger partial charge in [0.15, 0.2) is 5.65 Å². The fourth-order valence-corrected chi connectivity index (χ4v) is 4.52. The smallest absolute Gasteiger partial charge is 0.279 e. The molecule has 12 heteroatoms. The van der Waals surface area contributed by atoms with Crippen LogP contribution in [0.5, 0.6) is 0 Å². The quantitative estimate of drug-likeness (QED) is 0.267. The van der Waals surface area contributed by atoms with E-state index in [1.165, 1.54) is 10.8 Å². The molecule has 6 rings (SSSR count). The Morgan fingerprint density at radius 3 is 2.86 bits per heavy atom. The summed E-state index contributed by atoms with van der Waals surface area (Å²) in [5, 5.41) is 14.4. The van der Waals surface area contributed by atoms with E-state index in [2.05, 4.69) is 36.0 Å². The third-order valence-electron chi connectivity index (χ3n) is 6.65. The third-order valence-corrected chi connectivity index (χ3v) is 6.65. The number of methoxy groups -OCH3 is 1. The lowest BCUT2D eigenvalue weighted by Gasteiger charge is -2.35. The van der Waals surface area contributed by atoms with Crippen molar-refractivity contribution < 1.29 is 9.53 Å². The van der Waals surface area contributed by atoms with Crippen molar-refractivity contribution in [2.45, 2.75) is 25.0 Å². The highest BCUT2D eigenvalue weighted by molar-refractivity contribution is 6.00. The van der Waals surface area contributed by atoms with Gasteiger partial charge >= 0.3 is 0 Å². The van der Waals surface area contributed by atoms with Gasteiger partial charge < -0.3 is 25.7 Å². The van der Waals surface area contributed by atoms with E-state index >= 15 is 0 Å². The van der Waals surface area contributed by atoms with Gasteiger partial charge in [-0.05, 0) is 43.2 Å². The number of fused-ring (bicyclic) bond motifs is 2. The zero-order valence-electron chi connectivity index (χ0n) is 20.2. The SMILES string of the molecule is CNc1cc(Nc2cccn(-c3cc4cccnc4[nH]3)c2=O)nc2c(C(=O)N[C@@H]3CC[C@H]3OC)cnn12. The Morgan fingerprint density at radius 2 is 2.11 bits per heavy atom. The van der Waals surface area contributed by atoms with Gasteiger partial charge in [0.25, 0.3) is 11.5 Å². The minimum atomic E-state index is -0.275. The van der Waals surface area contributed by atoms with Crippen molar-refractivity contribution in [2.75, 3.05) is 24.8 Å². The molecular formula is C25H25N9O3. The third kappa shape index (κ3) is 3.96. The summed E-state index contributed by atoms with van der Waals surface area (Å²) >= 11 is 0. The van der Waals surface area contributed by atoms with E-state index < -0.39 is 0 Å². The molecule has 0 radical (unpaired) electrons. The first kappa shape index (κ1) is 22.7. The second-order valence-electron chi connectivity index (χ2n) is 8.82. The number of H-pyrrole nitrogens is 1. The van der Waals surface area contributed by atoms with Crippen LogP contribution in [0.15, 0.2) is 59.8 Å². The molecule has 5 heterocycles. The number of nitrogens with one attached hydrogen (secondary N) is 4. The molecule has 0 bridgehead atoms. The Morgan fingerprint density at radius 1 is 1.22 bits per heavy atom. The average molecular weight is 500 g/mol. The lowest BCUT2D eigenvalue weighted by atomic mass is 9.89. The van der Waals surface area contributed by atoms with Crippen LogP contribution in [0.1, 0.15) is 23.2 Å². The Kier molecular flexibility index (Phi) is 5.57. The van der Waals surface area contributed by atoms with Crippen molar-refractivity contribution in [3.63, 3.8) is 0 Å². The van der Waals surface area contributed by atoms with Crippen LogP contribution in [-0.2, 0) is 4.74 Å². The molecule has 5 aromatic rings. The van der Waals surface area contributed by atoms with Crippen LogP contribution in [0.3, 0.4) is 0 Å². The first-order valence-electron chi connectivity index (χ1n) is 11.9. The summed E-state index contributed by atoms with van der Waals surface area (Å²) in [5.41, 5.74) is 1.43. The van der Waals surface area contributed by atoms with Crippen molar-refractivity contribution >= 4 is 39.9 Å². The van der Waals surface area contributed by atoms with E-state index in [4.69, 9.17) is 4.74 Å². The van der Waals surface area contributed by atoms with Crippen molar-refractivity contribution in [1.82, 2.24) is 34.4 Å². The standard InChI is InChI=1S/C25H25N9O3/c1-26-20-12-19(31-23-15(13-28-34(20)23)24(35)30-16-7-8-18(16)37-2)29-17-6-4-10-33(25(17)36)21-11-14-5-3-9-27-22(14)32-21/h3-6,9-13,16,18,26H,7-8H2,1-2H3,(H,27,32)(H,29,31)(H,30,35)/t16-,18-/m1/s1. The number of anilines is 3. The molecule has 4 N–H and O–H groups in total. The Labute approximate surface area is 210 Å². The van der Waals surface area contributed by atoms with Gasteiger partial charge in [0.1, 0.15) is 34.4 Å². The van der Waals surface area contributed by atoms with Gasteiger partial charge in [-0.15, -0.1) is 0 Å². The van der Waals surface area contributed by atoms with Gasteiger partial charge in [-0.25, -0.2) is 9.97 Å². The predicted molar refractivity (Wildman–Crippen MR) is 139 cm³/mol. The molecule has 188 valence electrons. The highest BCUT2D eigenvalue weighted by Crippen LogP contribution is 2.25. The Balaban J connectivity index is 1.34. The molecule has 5 aromatic heterocycles. The largest absolute Gasteiger partial charge is 0.379 e. The average Bonchev–Trinajstić information content (AvgIpc) is 3.52. The number of aromatic nitrogens is 6. The lowest BCUT2D eigenvalue weighted by molar-refractivity contribution is 0.00732. The second kappa shape index (κ2) is 9.06. The first-order valence-corrected chi connectivity index (χ1v) is 11.9. The molecule has 1 fully saturated rings. The van der Waals surface area contributed by atoms with Crippen molar-refractivity contribution in [3.8, 4) is 5.82 Å². The first-order chi connectivity index (χ1) is 18.1. The van der Waals surface area contributed by atoms with Gasteiger partial charge in [0.05, 0.1) is 18.3 Å². The summed E-state index contributed by atoms with van der Waals surface area (Å²) in [7, 11) is 3.39. The summed E-state index contributed by atoms with van der Waals surface area (Å²) in [5.74, 6) is 1.31. The molecular weight excluding hydrogens is 474 g/mol. The maximum Gasteiger partial charge on any atom is 0.279 e. The van der Waals surface area contributed by atoms with Crippen LogP contribution < -0.4 is 21.5 Å². The molecule has 37 heavy (non-hydrogen) atoms. The number of hydrogen-bond acceptors (Lipinski definition) is 8. The summed E-state index contributed by atoms with van der Waals surface area (Å²) < 4.78 is 8.44. The topological polar surface area (TPSA) is 143 Å². The van der Waals surface area contributed by atoms with Gasteiger partial charge in [-0.2, -0.15) is 9.61 Å². The summed E-state index contributed by atoms with van der Waals surface area (Å²) in [6.07, 6.45) is 6.65. The van der Waals surface area contributed by atoms with Crippen LogP contribution in [0, 0.1) is 0 Å². The van der Waals surface area contributed by atoms with E-state index in [0.29, 0.717) is 40.0 Å². The zero-order chi connectivity index (χ0) is 25.5. The van der Waals surface area contributed by atoms with Crippen LogP contribution in [0.2, 0.25) is 0 Å². The highest BCUT2D eigenvalue weighted by atomic mass is 16.5. The molecule has 0 unspecified atom stereocenters. The van der Waals surface area contributed by atoms with E-state index in [-0.39, 0.29) is 23.6 Å². The zero-order valence-corrected chi connectivity index (χ0v) is 20.2. The summed E-state index contributed by atoms with van der Waals surface area (Å²) in [6, 6.07) is 10.8. The highest BCUT2D eigenvalue weighted by Gasteiger charge is 2.33. The number of carbonyl (C=O) groups is 1. The van der Waals surface area contributed by atoms with E-state index in [9.17, 15) is 9.59 Å². The predicted octanol–water partition coefficient (Wildman–Crippen LogP) is 2.45. The number of ether oxygens (including phenoxy) is 1. The molecule has 1 saturated carbocycles. The lowest BCUT2D eigenvalue weighted by Crippen LogP contribution is -2.51. The molecule has 1 aliphatic rings. The number of rotatable bonds is 7. The minimum absolute atomic E-state index is 0.0112. The molecule has 1 aliphatic carbocycles. The molecule has 12 nitrogen and oxygen atoms in total. The number of aromatic amines is 1. The van der Waals surface area contributed by atoms with Gasteiger partial charge in [-0.3, -0.25) is 14.2 Å². The van der Waals surface area contributed by atoms with E-state index in [0.717, 1.165) is 18.2 Å². The number of hydrogen-bond donors (Lipinski definition) is 4. The second-order valence-corrected chi connectivity index (χ2v) is 8.82. The van der Waals surface area contributed by atoms with Crippen molar-refractivity contribution in [1.29, 1.82) is 0 Å². The Hall–Kier alpha value is -4.71. The Bertz CT molecular complexity index is 1650. The van der Waals surface area contributed by atoms with E-state index in [1.807, 2.05) is 18.2 Å². The molecule has 2 atom stereocenters. The number of carbonyl (C=O) groups excluding carboxylic acids is 1. The monoisotopic (exact) mass is 499 g/mol. The molecule has 0 saturated heterocycles. The van der Waals surface area contributed by atoms with Crippen LogP contribution in [-0.4, -0.2) is 61.3 Å². The van der Waals surface area contributed by atoms with Gasteiger partial charge in [-0.1, -0.05) is 0 Å². The number of amides is 1. The van der Waals surface area contributed by atoms with Crippen molar-refractivity contribution in [3.05, 3.63) is 70.9 Å². The molecule has 0 aromatic carbocycles. The normalized spacial score (nSPS) is 17.0. The fraction of sp³-hybridized carbons (Fsp3) is 0.240. The summed E-state index contributed by atoms with van der Waals surface area (Å²) in [4.78, 5) is 38.4. The molecule has 1 amide bonds. The minimum Gasteiger partial charge on any atom is -0.379 e. The van der Waals surface area contributed by atoms with Gasteiger partial charge in [0, 0.05) is 38.0 Å². The fourth-order valence-electron chi connectivity index (χ4n) is 4.52. The van der Waals surface area contributed by atoms with E-state index in [1.54, 1.807) is 49.3 Å². The van der Waals surface area contributed by atoms with Crippen LogP contribution in [0.25, 0.3) is 22.5 Å². The van der Waals surface area contributed by atoms with Gasteiger partial charge in [0.2, 0.25) is 0 Å². The summed E-state index contributed by atoms with van der Waals surface area (Å²) in [6.45, 7) is 0. The maximum absolute atomic E-state index is 13.3. The maximum atomic E-state index is 13.3. The number of nitrogens with zero attached hydrogens (tertiary/aromatic N) is 5. The molecule has 0 spiro atoms. The number of pyridine rings is 2. The van der Waals surface area contributed by atoms with Crippen molar-refractivity contribution in [2.24, 2.45) is 0 Å². The van der Waals surface area contributed by atoms with Crippen LogP contribution in [0.4, 0.5) is 17.3 Å². The molecule has 0 aliphatic heterocycles. The van der Waals surface area contributed by atoms with Crippen LogP contribution >= 0.6 is 0 Å².